The quantitative estimate of drug-likeness (QED) is 0.894. The van der Waals surface area contributed by atoms with E-state index in [0.29, 0.717) is 18.4 Å². The van der Waals surface area contributed by atoms with Crippen molar-refractivity contribution < 1.29 is 9.53 Å². The van der Waals surface area contributed by atoms with Crippen LogP contribution in [0.15, 0.2) is 18.2 Å². The first-order valence-corrected chi connectivity index (χ1v) is 10.0. The van der Waals surface area contributed by atoms with Crippen LogP contribution in [0.4, 0.5) is 0 Å². The lowest BCUT2D eigenvalue weighted by atomic mass is 9.83. The van der Waals surface area contributed by atoms with Crippen LogP contribution in [0.5, 0.6) is 5.75 Å². The van der Waals surface area contributed by atoms with Gasteiger partial charge in [0.1, 0.15) is 5.75 Å². The Balaban J connectivity index is 1.23. The lowest BCUT2D eigenvalue weighted by Gasteiger charge is -2.44. The highest BCUT2D eigenvalue weighted by molar-refractivity contribution is 5.76. The number of amides is 1. The van der Waals surface area contributed by atoms with Crippen LogP contribution in [-0.2, 0) is 17.6 Å². The third kappa shape index (κ3) is 4.00. The number of carbonyl (C=O) groups excluding carboxylic acids is 1. The van der Waals surface area contributed by atoms with Gasteiger partial charge in [0.25, 0.3) is 0 Å². The van der Waals surface area contributed by atoms with E-state index in [1.807, 2.05) is 0 Å². The summed E-state index contributed by atoms with van der Waals surface area (Å²) >= 11 is 0. The summed E-state index contributed by atoms with van der Waals surface area (Å²) in [6.07, 6.45) is 8.97. The molecule has 3 aliphatic heterocycles. The first kappa shape index (κ1) is 16.9. The molecule has 2 saturated heterocycles. The van der Waals surface area contributed by atoms with Crippen LogP contribution in [0.1, 0.15) is 49.7 Å². The third-order valence-electron chi connectivity index (χ3n) is 6.18. The monoisotopic (exact) mass is 342 g/mol. The van der Waals surface area contributed by atoms with Crippen LogP contribution in [0.25, 0.3) is 0 Å². The van der Waals surface area contributed by atoms with Crippen molar-refractivity contribution in [3.63, 3.8) is 0 Å². The fourth-order valence-electron chi connectivity index (χ4n) is 4.80. The zero-order chi connectivity index (χ0) is 17.1. The Bertz CT molecular complexity index is 614. The highest BCUT2D eigenvalue weighted by Crippen LogP contribution is 2.30. The second-order valence-corrected chi connectivity index (χ2v) is 7.85. The number of hydrogen-bond acceptors (Lipinski definition) is 3. The van der Waals surface area contributed by atoms with E-state index in [2.05, 4.69) is 28.4 Å². The fourth-order valence-corrected chi connectivity index (χ4v) is 4.80. The summed E-state index contributed by atoms with van der Waals surface area (Å²) in [7, 11) is 0. The van der Waals surface area contributed by atoms with Crippen molar-refractivity contribution in [1.82, 2.24) is 10.2 Å². The van der Waals surface area contributed by atoms with Crippen LogP contribution in [0, 0.1) is 5.92 Å². The highest BCUT2D eigenvalue weighted by atomic mass is 16.5. The predicted molar refractivity (Wildman–Crippen MR) is 98.9 cm³/mol. The number of ether oxygens (including phenoxy) is 1. The number of piperidine rings is 2. The number of carbonyl (C=O) groups is 1. The molecule has 0 radical (unpaired) electrons. The van der Waals surface area contributed by atoms with Crippen molar-refractivity contribution >= 4 is 5.91 Å². The van der Waals surface area contributed by atoms with Crippen molar-refractivity contribution in [3.8, 4) is 5.75 Å². The maximum absolute atomic E-state index is 12.3. The summed E-state index contributed by atoms with van der Waals surface area (Å²) in [5.41, 5.74) is 2.54. The molecule has 0 aliphatic carbocycles. The second-order valence-electron chi connectivity index (χ2n) is 7.85. The van der Waals surface area contributed by atoms with Gasteiger partial charge in [0.15, 0.2) is 0 Å². The van der Waals surface area contributed by atoms with Crippen molar-refractivity contribution in [2.75, 3.05) is 26.2 Å². The molecule has 0 unspecified atom stereocenters. The Morgan fingerprint density at radius 3 is 3.08 bits per heavy atom. The molecule has 25 heavy (non-hydrogen) atoms. The summed E-state index contributed by atoms with van der Waals surface area (Å²) < 4.78 is 5.54. The van der Waals surface area contributed by atoms with Gasteiger partial charge in [-0.3, -0.25) is 4.79 Å². The molecule has 3 heterocycles. The summed E-state index contributed by atoms with van der Waals surface area (Å²) in [6, 6.07) is 7.06. The van der Waals surface area contributed by atoms with E-state index < -0.39 is 0 Å². The van der Waals surface area contributed by atoms with Crippen LogP contribution >= 0.6 is 0 Å². The van der Waals surface area contributed by atoms with Gasteiger partial charge in [-0.05, 0) is 68.3 Å². The Morgan fingerprint density at radius 1 is 1.20 bits per heavy atom. The minimum Gasteiger partial charge on any atom is -0.493 e. The first-order chi connectivity index (χ1) is 12.3. The van der Waals surface area contributed by atoms with Crippen LogP contribution in [-0.4, -0.2) is 43.1 Å². The Kier molecular flexibility index (Phi) is 5.25. The largest absolute Gasteiger partial charge is 0.493 e. The summed E-state index contributed by atoms with van der Waals surface area (Å²) in [5.74, 6) is 1.86. The van der Waals surface area contributed by atoms with Gasteiger partial charge in [-0.1, -0.05) is 18.6 Å². The first-order valence-electron chi connectivity index (χ1n) is 10.0. The Hall–Kier alpha value is -1.55. The second kappa shape index (κ2) is 7.77. The maximum Gasteiger partial charge on any atom is 0.220 e. The molecular formula is C21H30N2O2. The molecule has 4 rings (SSSR count). The molecule has 0 saturated carbocycles. The normalized spacial score (nSPS) is 25.8. The van der Waals surface area contributed by atoms with E-state index in [4.69, 9.17) is 4.74 Å². The molecule has 0 spiro atoms. The van der Waals surface area contributed by atoms with Gasteiger partial charge in [-0.25, -0.2) is 0 Å². The average Bonchev–Trinajstić information content (AvgIpc) is 3.12. The summed E-state index contributed by atoms with van der Waals surface area (Å²) in [6.45, 7) is 4.17. The molecule has 1 N–H and O–H groups in total. The van der Waals surface area contributed by atoms with E-state index >= 15 is 0 Å². The van der Waals surface area contributed by atoms with E-state index in [-0.39, 0.29) is 5.91 Å². The number of hydrogen-bond donors (Lipinski definition) is 1. The van der Waals surface area contributed by atoms with E-state index in [1.165, 1.54) is 56.3 Å². The SMILES string of the molecule is O=C(CCc1ccc2c(c1)CCO2)NC[C@@H]1CCCN2CCCC[C@@H]12. The van der Waals surface area contributed by atoms with E-state index in [9.17, 15) is 4.79 Å². The van der Waals surface area contributed by atoms with Gasteiger partial charge in [0.2, 0.25) is 5.91 Å². The van der Waals surface area contributed by atoms with Gasteiger partial charge in [-0.15, -0.1) is 0 Å². The molecule has 1 aromatic rings. The van der Waals surface area contributed by atoms with Crippen LogP contribution in [0.2, 0.25) is 0 Å². The van der Waals surface area contributed by atoms with E-state index in [0.717, 1.165) is 31.7 Å². The Morgan fingerprint density at radius 2 is 2.12 bits per heavy atom. The number of nitrogens with one attached hydrogen (secondary N) is 1. The molecule has 0 aromatic heterocycles. The number of rotatable bonds is 5. The molecule has 3 aliphatic rings. The van der Waals surface area contributed by atoms with Gasteiger partial charge < -0.3 is 15.0 Å². The lowest BCUT2D eigenvalue weighted by Crippen LogP contribution is -2.51. The number of benzene rings is 1. The lowest BCUT2D eigenvalue weighted by molar-refractivity contribution is -0.121. The van der Waals surface area contributed by atoms with Gasteiger partial charge in [0.05, 0.1) is 6.61 Å². The zero-order valence-corrected chi connectivity index (χ0v) is 15.1. The zero-order valence-electron chi connectivity index (χ0n) is 15.1. The predicted octanol–water partition coefficient (Wildman–Crippen LogP) is 2.93. The maximum atomic E-state index is 12.3. The summed E-state index contributed by atoms with van der Waals surface area (Å²) in [5, 5.41) is 3.22. The molecular weight excluding hydrogens is 312 g/mol. The minimum absolute atomic E-state index is 0.199. The third-order valence-corrected chi connectivity index (χ3v) is 6.18. The molecule has 2 fully saturated rings. The average molecular weight is 342 g/mol. The van der Waals surface area contributed by atoms with Crippen molar-refractivity contribution in [1.29, 1.82) is 0 Å². The smallest absolute Gasteiger partial charge is 0.220 e. The molecule has 1 aromatic carbocycles. The number of nitrogens with zero attached hydrogens (tertiary/aromatic N) is 1. The molecule has 4 heteroatoms. The van der Waals surface area contributed by atoms with Gasteiger partial charge in [-0.2, -0.15) is 0 Å². The van der Waals surface area contributed by atoms with Gasteiger partial charge >= 0.3 is 0 Å². The van der Waals surface area contributed by atoms with Gasteiger partial charge in [0, 0.05) is 25.4 Å². The topological polar surface area (TPSA) is 41.6 Å². The Labute approximate surface area is 150 Å². The van der Waals surface area contributed by atoms with Crippen molar-refractivity contribution in [2.45, 2.75) is 57.4 Å². The van der Waals surface area contributed by atoms with Crippen LogP contribution in [0.3, 0.4) is 0 Å². The van der Waals surface area contributed by atoms with Crippen molar-refractivity contribution in [2.24, 2.45) is 5.92 Å². The standard InChI is InChI=1S/C21H30N2O2/c24-21(9-7-16-6-8-20-17(14-16)10-13-25-20)22-15-18-4-3-12-23-11-2-1-5-19(18)23/h6,8,14,18-19H,1-5,7,9-13,15H2,(H,22,24)/t18-,19-/m0/s1. The minimum atomic E-state index is 0.199. The van der Waals surface area contributed by atoms with Crippen molar-refractivity contribution in [3.05, 3.63) is 29.3 Å². The highest BCUT2D eigenvalue weighted by Gasteiger charge is 2.32. The molecule has 4 nitrogen and oxygen atoms in total. The molecule has 136 valence electrons. The molecule has 2 atom stereocenters. The molecule has 0 bridgehead atoms. The molecule has 1 amide bonds. The number of aryl methyl sites for hydroxylation is 1. The van der Waals surface area contributed by atoms with Crippen LogP contribution < -0.4 is 10.1 Å². The van der Waals surface area contributed by atoms with E-state index in [1.54, 1.807) is 0 Å². The summed E-state index contributed by atoms with van der Waals surface area (Å²) in [4.78, 5) is 15.0. The fraction of sp³-hybridized carbons (Fsp3) is 0.667. The number of fused-ring (bicyclic) bond motifs is 2.